The van der Waals surface area contributed by atoms with Gasteiger partial charge in [-0.05, 0) is 36.2 Å². The molecule has 3 aromatic rings. The minimum Gasteiger partial charge on any atom is -0.440 e. The number of benzene rings is 2. The summed E-state index contributed by atoms with van der Waals surface area (Å²) < 4.78 is 6.84. The van der Waals surface area contributed by atoms with E-state index >= 15 is 0 Å². The third kappa shape index (κ3) is 2.18. The second-order valence-corrected chi connectivity index (χ2v) is 5.20. The standard InChI is InChI=1S/C15H12BrNO/c1-10-6-7-14-13(8-10)17-15(18-14)9-11-4-2-3-5-12(11)16/h2-8H,9H2,1H3. The van der Waals surface area contributed by atoms with Crippen LogP contribution in [0.3, 0.4) is 0 Å². The molecule has 0 saturated carbocycles. The normalized spacial score (nSPS) is 11.0. The highest BCUT2D eigenvalue weighted by Gasteiger charge is 2.08. The molecule has 3 heteroatoms. The Kier molecular flexibility index (Phi) is 2.92. The molecule has 18 heavy (non-hydrogen) atoms. The minimum absolute atomic E-state index is 0.704. The maximum atomic E-state index is 5.75. The summed E-state index contributed by atoms with van der Waals surface area (Å²) >= 11 is 3.54. The molecule has 1 aromatic heterocycles. The Morgan fingerprint density at radius 3 is 2.83 bits per heavy atom. The van der Waals surface area contributed by atoms with Crippen molar-refractivity contribution in [3.63, 3.8) is 0 Å². The van der Waals surface area contributed by atoms with Gasteiger partial charge in [0.25, 0.3) is 0 Å². The summed E-state index contributed by atoms with van der Waals surface area (Å²) in [6.45, 7) is 2.06. The van der Waals surface area contributed by atoms with Gasteiger partial charge >= 0.3 is 0 Å². The fraction of sp³-hybridized carbons (Fsp3) is 0.133. The van der Waals surface area contributed by atoms with Crippen molar-refractivity contribution in [3.8, 4) is 0 Å². The van der Waals surface area contributed by atoms with E-state index < -0.39 is 0 Å². The highest BCUT2D eigenvalue weighted by Crippen LogP contribution is 2.22. The number of oxazole rings is 1. The number of halogens is 1. The molecule has 2 aromatic carbocycles. The van der Waals surface area contributed by atoms with Crippen LogP contribution in [-0.2, 0) is 6.42 Å². The van der Waals surface area contributed by atoms with Gasteiger partial charge in [0.1, 0.15) is 5.52 Å². The Balaban J connectivity index is 1.98. The lowest BCUT2D eigenvalue weighted by molar-refractivity contribution is 0.544. The Morgan fingerprint density at radius 1 is 1.17 bits per heavy atom. The zero-order valence-corrected chi connectivity index (χ0v) is 11.6. The predicted octanol–water partition coefficient (Wildman–Crippen LogP) is 4.49. The molecule has 0 N–H and O–H groups in total. The molecule has 1 heterocycles. The van der Waals surface area contributed by atoms with Crippen molar-refractivity contribution >= 4 is 27.0 Å². The lowest BCUT2D eigenvalue weighted by Gasteiger charge is -1.99. The summed E-state index contributed by atoms with van der Waals surface area (Å²) in [5.41, 5.74) is 4.16. The maximum Gasteiger partial charge on any atom is 0.199 e. The van der Waals surface area contributed by atoms with Crippen LogP contribution in [0.5, 0.6) is 0 Å². The quantitative estimate of drug-likeness (QED) is 0.697. The minimum atomic E-state index is 0.704. The average molecular weight is 302 g/mol. The van der Waals surface area contributed by atoms with E-state index in [0.29, 0.717) is 6.42 Å². The fourth-order valence-electron chi connectivity index (χ4n) is 1.97. The van der Waals surface area contributed by atoms with Crippen molar-refractivity contribution in [1.82, 2.24) is 4.98 Å². The smallest absolute Gasteiger partial charge is 0.199 e. The summed E-state index contributed by atoms with van der Waals surface area (Å²) in [6.07, 6.45) is 0.704. The van der Waals surface area contributed by atoms with E-state index in [0.717, 1.165) is 21.5 Å². The van der Waals surface area contributed by atoms with Crippen molar-refractivity contribution < 1.29 is 4.42 Å². The van der Waals surface area contributed by atoms with Crippen LogP contribution in [0, 0.1) is 6.92 Å². The van der Waals surface area contributed by atoms with Crippen LogP contribution in [0.2, 0.25) is 0 Å². The van der Waals surface area contributed by atoms with E-state index in [-0.39, 0.29) is 0 Å². The summed E-state index contributed by atoms with van der Waals surface area (Å²) in [6, 6.07) is 14.2. The van der Waals surface area contributed by atoms with Crippen molar-refractivity contribution in [3.05, 3.63) is 64.0 Å². The van der Waals surface area contributed by atoms with Crippen LogP contribution in [0.15, 0.2) is 51.4 Å². The number of aromatic nitrogens is 1. The van der Waals surface area contributed by atoms with Gasteiger partial charge in [0, 0.05) is 4.47 Å². The molecule has 0 radical (unpaired) electrons. The molecule has 0 unspecified atom stereocenters. The number of hydrogen-bond donors (Lipinski definition) is 0. The molecule has 0 aliphatic rings. The Morgan fingerprint density at radius 2 is 2.00 bits per heavy atom. The van der Waals surface area contributed by atoms with E-state index in [1.807, 2.05) is 36.4 Å². The topological polar surface area (TPSA) is 26.0 Å². The third-order valence-corrected chi connectivity index (χ3v) is 3.66. The molecule has 0 aliphatic carbocycles. The predicted molar refractivity (Wildman–Crippen MR) is 75.7 cm³/mol. The molecule has 0 spiro atoms. The second kappa shape index (κ2) is 4.58. The van der Waals surface area contributed by atoms with Crippen molar-refractivity contribution in [2.75, 3.05) is 0 Å². The molecule has 0 amide bonds. The number of nitrogens with zero attached hydrogens (tertiary/aromatic N) is 1. The van der Waals surface area contributed by atoms with Gasteiger partial charge in [-0.15, -0.1) is 0 Å². The van der Waals surface area contributed by atoms with Gasteiger partial charge in [-0.2, -0.15) is 0 Å². The van der Waals surface area contributed by atoms with Gasteiger partial charge in [0.05, 0.1) is 6.42 Å². The lowest BCUT2D eigenvalue weighted by atomic mass is 10.1. The summed E-state index contributed by atoms with van der Waals surface area (Å²) in [7, 11) is 0. The zero-order valence-electron chi connectivity index (χ0n) is 9.98. The zero-order chi connectivity index (χ0) is 12.5. The van der Waals surface area contributed by atoms with E-state index in [9.17, 15) is 0 Å². The van der Waals surface area contributed by atoms with Gasteiger partial charge < -0.3 is 4.42 Å². The Labute approximate surface area is 114 Å². The van der Waals surface area contributed by atoms with Crippen LogP contribution >= 0.6 is 15.9 Å². The number of aryl methyl sites for hydroxylation is 1. The summed E-state index contributed by atoms with van der Waals surface area (Å²) in [4.78, 5) is 4.52. The van der Waals surface area contributed by atoms with Crippen molar-refractivity contribution in [2.45, 2.75) is 13.3 Å². The van der Waals surface area contributed by atoms with Crippen LogP contribution in [0.25, 0.3) is 11.1 Å². The molecule has 0 bridgehead atoms. The van der Waals surface area contributed by atoms with Gasteiger partial charge in [-0.3, -0.25) is 0 Å². The first kappa shape index (κ1) is 11.5. The molecule has 0 saturated heterocycles. The van der Waals surface area contributed by atoms with Crippen molar-refractivity contribution in [1.29, 1.82) is 0 Å². The lowest BCUT2D eigenvalue weighted by Crippen LogP contribution is -1.88. The molecule has 0 atom stereocenters. The molecular weight excluding hydrogens is 290 g/mol. The van der Waals surface area contributed by atoms with E-state index in [1.54, 1.807) is 0 Å². The molecule has 0 aliphatic heterocycles. The maximum absolute atomic E-state index is 5.75. The fourth-order valence-corrected chi connectivity index (χ4v) is 2.39. The third-order valence-electron chi connectivity index (χ3n) is 2.89. The molecule has 2 nitrogen and oxygen atoms in total. The van der Waals surface area contributed by atoms with E-state index in [2.05, 4.69) is 33.9 Å². The van der Waals surface area contributed by atoms with Gasteiger partial charge in [-0.25, -0.2) is 4.98 Å². The van der Waals surface area contributed by atoms with E-state index in [4.69, 9.17) is 4.42 Å². The largest absolute Gasteiger partial charge is 0.440 e. The Hall–Kier alpha value is -1.61. The summed E-state index contributed by atoms with van der Waals surface area (Å²) in [5.74, 6) is 0.752. The average Bonchev–Trinajstić information content (AvgIpc) is 2.73. The molecular formula is C15H12BrNO. The number of fused-ring (bicyclic) bond motifs is 1. The number of rotatable bonds is 2. The highest BCUT2D eigenvalue weighted by atomic mass is 79.9. The first-order valence-electron chi connectivity index (χ1n) is 5.82. The number of hydrogen-bond acceptors (Lipinski definition) is 2. The van der Waals surface area contributed by atoms with E-state index in [1.165, 1.54) is 11.1 Å². The highest BCUT2D eigenvalue weighted by molar-refractivity contribution is 9.10. The van der Waals surface area contributed by atoms with Crippen molar-refractivity contribution in [2.24, 2.45) is 0 Å². The van der Waals surface area contributed by atoms with Crippen LogP contribution < -0.4 is 0 Å². The van der Waals surface area contributed by atoms with Gasteiger partial charge in [0.15, 0.2) is 11.5 Å². The monoisotopic (exact) mass is 301 g/mol. The van der Waals surface area contributed by atoms with Gasteiger partial charge in [0.2, 0.25) is 0 Å². The molecule has 3 rings (SSSR count). The first-order valence-corrected chi connectivity index (χ1v) is 6.61. The first-order chi connectivity index (χ1) is 8.72. The SMILES string of the molecule is Cc1ccc2oc(Cc3ccccc3Br)nc2c1. The second-order valence-electron chi connectivity index (χ2n) is 4.35. The van der Waals surface area contributed by atoms with Crippen LogP contribution in [0.1, 0.15) is 17.0 Å². The van der Waals surface area contributed by atoms with Gasteiger partial charge in [-0.1, -0.05) is 40.2 Å². The van der Waals surface area contributed by atoms with Crippen LogP contribution in [-0.4, -0.2) is 4.98 Å². The molecule has 90 valence electrons. The molecule has 0 fully saturated rings. The van der Waals surface area contributed by atoms with Crippen LogP contribution in [0.4, 0.5) is 0 Å². The Bertz CT molecular complexity index is 703. The summed E-state index contributed by atoms with van der Waals surface area (Å²) in [5, 5.41) is 0.